The van der Waals surface area contributed by atoms with Crippen LogP contribution in [-0.4, -0.2) is 47.0 Å². The molecule has 2 aromatic carbocycles. The summed E-state index contributed by atoms with van der Waals surface area (Å²) in [6.45, 7) is -6.04. The van der Waals surface area contributed by atoms with E-state index in [9.17, 15) is 27.2 Å². The topological polar surface area (TPSA) is 107 Å². The van der Waals surface area contributed by atoms with Crippen molar-refractivity contribution in [1.82, 2.24) is 25.4 Å². The van der Waals surface area contributed by atoms with E-state index in [4.69, 9.17) is 17.1 Å². The van der Waals surface area contributed by atoms with Gasteiger partial charge in [-0.2, -0.15) is 5.10 Å². The van der Waals surface area contributed by atoms with Crippen molar-refractivity contribution in [3.05, 3.63) is 71.3 Å². The van der Waals surface area contributed by atoms with E-state index >= 15 is 0 Å². The van der Waals surface area contributed by atoms with Gasteiger partial charge in [-0.1, -0.05) is 6.07 Å². The smallest absolute Gasteiger partial charge is 0.480 e. The predicted molar refractivity (Wildman–Crippen MR) is 133 cm³/mol. The van der Waals surface area contributed by atoms with Crippen LogP contribution in [0.3, 0.4) is 0 Å². The molecule has 0 aliphatic heterocycles. The Morgan fingerprint density at radius 2 is 1.92 bits per heavy atom. The highest BCUT2D eigenvalue weighted by atomic mass is 19.4. The molecular weight excluding hydrogens is 522 g/mol. The molecule has 0 bridgehead atoms. The van der Waals surface area contributed by atoms with Gasteiger partial charge in [-0.25, -0.2) is 9.37 Å². The Kier molecular flexibility index (Phi) is 4.82. The molecule has 0 unspecified atom stereocenters. The summed E-state index contributed by atoms with van der Waals surface area (Å²) in [5.41, 5.74) is -1.02. The summed E-state index contributed by atoms with van der Waals surface area (Å²) in [6, 6.07) is 4.69. The van der Waals surface area contributed by atoms with Gasteiger partial charge < -0.3 is 20.1 Å². The lowest BCUT2D eigenvalue weighted by molar-refractivity contribution is -0.274. The second kappa shape index (κ2) is 10.6. The second-order valence-corrected chi connectivity index (χ2v) is 7.97. The fraction of sp³-hybridized carbons (Fsp3) is 0.231. The normalized spacial score (nSPS) is 16.6. The van der Waals surface area contributed by atoms with Crippen LogP contribution in [-0.2, 0) is 7.05 Å². The fourth-order valence-corrected chi connectivity index (χ4v) is 3.74. The Hall–Kier alpha value is -4.68. The first-order chi connectivity index (χ1) is 21.9. The van der Waals surface area contributed by atoms with Gasteiger partial charge in [0.25, 0.3) is 11.8 Å². The first-order valence-electron chi connectivity index (χ1n) is 15.3. The highest BCUT2D eigenvalue weighted by Gasteiger charge is 2.31. The average Bonchev–Trinajstić information content (AvgIpc) is 3.26. The standard InChI is InChI=1S/C26H23F4N5O4/c1-13(18-11-16(6-8-20(18)27)39-26(28,29)30)33-23(36)19-9-15(12-32-25(19)38-4)14-5-7-17-21(10-14)35(3)34-22(17)24(37)31-2/h5-13H,1-4H3,(H,31,37)(H,33,36)/t13-/m1/s1/i1D3,2D3,4D3. The first-order valence-corrected chi connectivity index (χ1v) is 10.8. The van der Waals surface area contributed by atoms with Gasteiger partial charge in [-0.3, -0.25) is 14.3 Å². The number of fused-ring (bicyclic) bond motifs is 1. The molecule has 13 heteroatoms. The third-order valence-corrected chi connectivity index (χ3v) is 5.49. The molecular formula is C26H23F4N5O4. The van der Waals surface area contributed by atoms with E-state index in [1.807, 2.05) is 10.6 Å². The Morgan fingerprint density at radius 3 is 2.64 bits per heavy atom. The summed E-state index contributed by atoms with van der Waals surface area (Å²) in [6.07, 6.45) is -4.10. The van der Waals surface area contributed by atoms with Gasteiger partial charge in [-0.05, 0) is 48.8 Å². The number of hydrogen-bond donors (Lipinski definition) is 2. The number of hydrogen-bond acceptors (Lipinski definition) is 6. The SMILES string of the molecule is [2H]C([2H])([2H])NC(=O)c1nn(C)c2cc(-c3cnc(OC([2H])([2H])[2H])c(C(=O)N[C@@H](c4cc(OC(F)(F)F)ccc4F)C([2H])([2H])[2H])c3)ccc12. The van der Waals surface area contributed by atoms with Crippen LogP contribution in [0.2, 0.25) is 0 Å². The highest BCUT2D eigenvalue weighted by molar-refractivity contribution is 6.05. The van der Waals surface area contributed by atoms with Crippen molar-refractivity contribution in [2.45, 2.75) is 19.3 Å². The van der Waals surface area contributed by atoms with Crippen LogP contribution in [0.15, 0.2) is 48.7 Å². The number of carbonyl (C=O) groups excluding carboxylic acids is 2. The van der Waals surface area contributed by atoms with E-state index < -0.39 is 73.7 Å². The van der Waals surface area contributed by atoms with Crippen molar-refractivity contribution < 1.29 is 49.0 Å². The number of alkyl halides is 3. The number of benzene rings is 2. The maximum Gasteiger partial charge on any atom is 0.573 e. The fourth-order valence-electron chi connectivity index (χ4n) is 3.74. The highest BCUT2D eigenvalue weighted by Crippen LogP contribution is 2.30. The molecule has 0 saturated carbocycles. The van der Waals surface area contributed by atoms with Gasteiger partial charge >= 0.3 is 6.36 Å². The molecule has 2 aromatic heterocycles. The van der Waals surface area contributed by atoms with Crippen molar-refractivity contribution in [3.63, 3.8) is 0 Å². The van der Waals surface area contributed by atoms with Crippen LogP contribution in [0.4, 0.5) is 17.6 Å². The summed E-state index contributed by atoms with van der Waals surface area (Å²) in [7, 11) is -1.69. The number of pyridine rings is 1. The summed E-state index contributed by atoms with van der Waals surface area (Å²) >= 11 is 0. The number of nitrogens with one attached hydrogen (secondary N) is 2. The minimum absolute atomic E-state index is 0.117. The summed E-state index contributed by atoms with van der Waals surface area (Å²) in [5, 5.41) is 8.16. The Balaban J connectivity index is 1.78. The molecule has 0 aliphatic rings. The summed E-state index contributed by atoms with van der Waals surface area (Å²) in [4.78, 5) is 29.9. The van der Waals surface area contributed by atoms with E-state index in [0.29, 0.717) is 29.3 Å². The molecule has 39 heavy (non-hydrogen) atoms. The lowest BCUT2D eigenvalue weighted by Crippen LogP contribution is -2.28. The van der Waals surface area contributed by atoms with Crippen molar-refractivity contribution in [3.8, 4) is 22.8 Å². The van der Waals surface area contributed by atoms with Crippen LogP contribution in [0, 0.1) is 5.82 Å². The van der Waals surface area contributed by atoms with Gasteiger partial charge in [-0.15, -0.1) is 13.2 Å². The van der Waals surface area contributed by atoms with Crippen LogP contribution in [0.25, 0.3) is 22.0 Å². The van der Waals surface area contributed by atoms with Crippen LogP contribution in [0.1, 0.15) is 51.6 Å². The number of aromatic nitrogens is 3. The van der Waals surface area contributed by atoms with E-state index in [1.54, 1.807) is 0 Å². The molecule has 204 valence electrons. The van der Waals surface area contributed by atoms with Gasteiger partial charge in [0, 0.05) is 45.0 Å². The number of carbonyl (C=O) groups is 2. The maximum atomic E-state index is 14.8. The van der Waals surface area contributed by atoms with Crippen molar-refractivity contribution in [2.75, 3.05) is 14.0 Å². The van der Waals surface area contributed by atoms with Gasteiger partial charge in [0.15, 0.2) is 5.69 Å². The van der Waals surface area contributed by atoms with Gasteiger partial charge in [0.05, 0.1) is 22.7 Å². The molecule has 0 saturated heterocycles. The van der Waals surface area contributed by atoms with Gasteiger partial charge in [0.1, 0.15) is 17.1 Å². The molecule has 0 fully saturated rings. The third kappa shape index (κ3) is 5.76. The quantitative estimate of drug-likeness (QED) is 0.325. The molecule has 1 atom stereocenters. The number of amides is 2. The Morgan fingerprint density at radius 1 is 1.10 bits per heavy atom. The molecule has 0 spiro atoms. The molecule has 2 N–H and O–H groups in total. The average molecular weight is 555 g/mol. The molecule has 0 radical (unpaired) electrons. The molecule has 2 heterocycles. The predicted octanol–water partition coefficient (Wildman–Crippen LogP) is 4.53. The Labute approximate surface area is 232 Å². The van der Waals surface area contributed by atoms with Crippen LogP contribution in [0.5, 0.6) is 11.6 Å². The number of nitrogens with zero attached hydrogens (tertiary/aromatic N) is 3. The number of aryl methyl sites for hydroxylation is 1. The van der Waals surface area contributed by atoms with Gasteiger partial charge in [0.2, 0.25) is 5.88 Å². The number of halogens is 4. The minimum atomic E-state index is -5.20. The van der Waals surface area contributed by atoms with E-state index in [-0.39, 0.29) is 16.6 Å². The van der Waals surface area contributed by atoms with Crippen LogP contribution < -0.4 is 20.1 Å². The lowest BCUT2D eigenvalue weighted by Gasteiger charge is -2.18. The maximum absolute atomic E-state index is 14.8. The lowest BCUT2D eigenvalue weighted by atomic mass is 10.0. The zero-order chi connectivity index (χ0) is 36.0. The molecule has 2 amide bonds. The van der Waals surface area contributed by atoms with Crippen molar-refractivity contribution >= 4 is 22.7 Å². The second-order valence-electron chi connectivity index (χ2n) is 7.97. The first kappa shape index (κ1) is 17.8. The third-order valence-electron chi connectivity index (χ3n) is 5.49. The van der Waals surface area contributed by atoms with E-state index in [2.05, 4.69) is 14.8 Å². The number of methoxy groups -OCH3 is 1. The zero-order valence-electron chi connectivity index (χ0n) is 28.7. The van der Waals surface area contributed by atoms with Crippen LogP contribution >= 0.6 is 0 Å². The summed E-state index contributed by atoms with van der Waals surface area (Å²) < 4.78 is 131. The monoisotopic (exact) mass is 554 g/mol. The number of ether oxygens (including phenoxy) is 2. The molecule has 4 aromatic rings. The molecule has 0 aliphatic carbocycles. The van der Waals surface area contributed by atoms with E-state index in [1.165, 1.54) is 29.9 Å². The minimum Gasteiger partial charge on any atom is -0.480 e. The zero-order valence-corrected chi connectivity index (χ0v) is 19.7. The van der Waals surface area contributed by atoms with Crippen molar-refractivity contribution in [2.24, 2.45) is 7.05 Å². The van der Waals surface area contributed by atoms with E-state index in [0.717, 1.165) is 12.3 Å². The Bertz CT molecular complexity index is 1880. The summed E-state index contributed by atoms with van der Waals surface area (Å²) in [5.74, 6) is -5.39. The molecule has 9 nitrogen and oxygen atoms in total. The van der Waals surface area contributed by atoms with Crippen molar-refractivity contribution in [1.29, 1.82) is 0 Å². The largest absolute Gasteiger partial charge is 0.573 e. The molecule has 4 rings (SSSR count). The number of rotatable bonds is 7.